The molecule has 1 aromatic heterocycles. The van der Waals surface area contributed by atoms with Gasteiger partial charge in [0.05, 0.1) is 7.11 Å². The molecule has 3 aromatic rings. The highest BCUT2D eigenvalue weighted by Crippen LogP contribution is 2.31. The number of likely N-dealkylation sites (tertiary alicyclic amines) is 1. The van der Waals surface area contributed by atoms with Crippen LogP contribution in [0.4, 0.5) is 16.2 Å². The van der Waals surface area contributed by atoms with E-state index in [1.807, 2.05) is 25.1 Å². The number of ether oxygens (including phenoxy) is 2. The first-order chi connectivity index (χ1) is 16.5. The molecule has 2 unspecified atom stereocenters. The zero-order valence-corrected chi connectivity index (χ0v) is 20.2. The molecule has 7 nitrogen and oxygen atoms in total. The molecule has 1 amide bonds. The molecule has 180 valence electrons. The maximum Gasteiger partial charge on any atom is 0.419 e. The van der Waals surface area contributed by atoms with Crippen LogP contribution < -0.4 is 19.7 Å². The molecule has 2 saturated heterocycles. The van der Waals surface area contributed by atoms with Gasteiger partial charge in [0.25, 0.3) is 5.95 Å². The predicted molar refractivity (Wildman–Crippen MR) is 134 cm³/mol. The van der Waals surface area contributed by atoms with Crippen LogP contribution in [-0.2, 0) is 0 Å². The van der Waals surface area contributed by atoms with Gasteiger partial charge in [-0.05, 0) is 81.5 Å². The number of methoxy groups -OCH3 is 1. The summed E-state index contributed by atoms with van der Waals surface area (Å²) in [5.74, 6) is 1.55. The number of hydrogen-bond acceptors (Lipinski definition) is 6. The topological polar surface area (TPSA) is 67.2 Å². The monoisotopic (exact) mass is 463 g/mol. The van der Waals surface area contributed by atoms with E-state index in [1.54, 1.807) is 19.2 Å². The van der Waals surface area contributed by atoms with Gasteiger partial charge in [0, 0.05) is 54.6 Å². The van der Waals surface area contributed by atoms with Crippen LogP contribution in [0.5, 0.6) is 11.7 Å². The van der Waals surface area contributed by atoms with Gasteiger partial charge in [0.15, 0.2) is 0 Å². The van der Waals surface area contributed by atoms with Crippen LogP contribution in [0, 0.1) is 12.8 Å². The minimum absolute atomic E-state index is 0.144. The fourth-order valence-corrected chi connectivity index (χ4v) is 5.19. The minimum Gasteiger partial charge on any atom is -0.497 e. The van der Waals surface area contributed by atoms with Crippen molar-refractivity contribution in [3.05, 3.63) is 48.0 Å². The molecule has 0 aliphatic carbocycles. The number of carbonyl (C=O) groups excluding carboxylic acids is 1. The molecule has 5 rings (SSSR count). The summed E-state index contributed by atoms with van der Waals surface area (Å²) in [6, 6.07) is 14.0. The lowest BCUT2D eigenvalue weighted by Crippen LogP contribution is -2.33. The molecule has 2 aromatic carbocycles. The Labute approximate surface area is 200 Å². The molecule has 3 heterocycles. The van der Waals surface area contributed by atoms with E-state index in [-0.39, 0.29) is 5.95 Å². The van der Waals surface area contributed by atoms with Crippen LogP contribution >= 0.6 is 0 Å². The van der Waals surface area contributed by atoms with E-state index < -0.39 is 6.09 Å². The number of nitrogens with zero attached hydrogens (tertiary/aromatic N) is 2. The van der Waals surface area contributed by atoms with Gasteiger partial charge in [-0.25, -0.2) is 4.79 Å². The van der Waals surface area contributed by atoms with E-state index in [0.717, 1.165) is 41.7 Å². The van der Waals surface area contributed by atoms with E-state index in [9.17, 15) is 4.79 Å². The van der Waals surface area contributed by atoms with E-state index in [1.165, 1.54) is 38.0 Å². The quantitative estimate of drug-likeness (QED) is 0.508. The van der Waals surface area contributed by atoms with E-state index in [4.69, 9.17) is 13.9 Å². The second kappa shape index (κ2) is 9.58. The summed E-state index contributed by atoms with van der Waals surface area (Å²) in [6.07, 6.45) is 3.32. The zero-order chi connectivity index (χ0) is 23.7. The summed E-state index contributed by atoms with van der Waals surface area (Å²) >= 11 is 0. The van der Waals surface area contributed by atoms with Crippen molar-refractivity contribution in [3.8, 4) is 11.7 Å². The summed E-state index contributed by atoms with van der Waals surface area (Å²) < 4.78 is 16.2. The molecule has 0 bridgehead atoms. The van der Waals surface area contributed by atoms with Crippen LogP contribution in [0.3, 0.4) is 0 Å². The molecule has 2 atom stereocenters. The van der Waals surface area contributed by atoms with E-state index in [0.29, 0.717) is 11.3 Å². The maximum atomic E-state index is 12.5. The Balaban J connectivity index is 1.18. The second-order valence-electron chi connectivity index (χ2n) is 9.57. The fraction of sp³-hybridized carbons (Fsp3) is 0.444. The van der Waals surface area contributed by atoms with Crippen LogP contribution in [-0.4, -0.2) is 50.3 Å². The Bertz CT molecular complexity index is 1170. The lowest BCUT2D eigenvalue weighted by atomic mass is 10.1. The number of aryl methyl sites for hydroxylation is 1. The molecule has 0 saturated carbocycles. The lowest BCUT2D eigenvalue weighted by Gasteiger charge is -2.25. The first kappa shape index (κ1) is 22.6. The van der Waals surface area contributed by atoms with Gasteiger partial charge >= 0.3 is 6.09 Å². The molecule has 2 fully saturated rings. The number of fused-ring (bicyclic) bond motifs is 1. The average molecular weight is 464 g/mol. The average Bonchev–Trinajstić information content (AvgIpc) is 3.55. The third kappa shape index (κ3) is 4.85. The molecular weight excluding hydrogens is 430 g/mol. The Morgan fingerprint density at radius 3 is 2.79 bits per heavy atom. The highest BCUT2D eigenvalue weighted by atomic mass is 16.6. The normalized spacial score (nSPS) is 20.7. The smallest absolute Gasteiger partial charge is 0.419 e. The third-order valence-electron chi connectivity index (χ3n) is 7.18. The molecule has 34 heavy (non-hydrogen) atoms. The summed E-state index contributed by atoms with van der Waals surface area (Å²) in [4.78, 5) is 17.6. The van der Waals surface area contributed by atoms with E-state index >= 15 is 0 Å². The molecular formula is C27H33N3O4. The zero-order valence-electron chi connectivity index (χ0n) is 20.2. The first-order valence-corrected chi connectivity index (χ1v) is 12.1. The van der Waals surface area contributed by atoms with Crippen molar-refractivity contribution >= 4 is 28.4 Å². The predicted octanol–water partition coefficient (Wildman–Crippen LogP) is 5.67. The summed E-state index contributed by atoms with van der Waals surface area (Å²) in [6.45, 7) is 8.98. The van der Waals surface area contributed by atoms with Crippen molar-refractivity contribution in [2.75, 3.05) is 43.5 Å². The molecule has 0 spiro atoms. The number of nitrogens with one attached hydrogen (secondary N) is 1. The lowest BCUT2D eigenvalue weighted by molar-refractivity contribution is 0.203. The number of amides is 1. The van der Waals surface area contributed by atoms with Crippen LogP contribution in [0.15, 0.2) is 46.9 Å². The highest BCUT2D eigenvalue weighted by Gasteiger charge is 2.28. The van der Waals surface area contributed by atoms with E-state index in [2.05, 4.69) is 34.2 Å². The van der Waals surface area contributed by atoms with Crippen molar-refractivity contribution < 1.29 is 18.7 Å². The maximum absolute atomic E-state index is 12.5. The standard InChI is InChI=1S/C27H33N3O4/c1-18-13-22(30-12-10-20(17-30)16-29-11-4-5-19(29)2)7-9-24(18)28-27(31)34-26-14-21-6-8-23(32-3)15-25(21)33-26/h6-9,13-15,19-20H,4-5,10-12,16-17H2,1-3H3,(H,28,31). The molecule has 2 aliphatic rings. The second-order valence-corrected chi connectivity index (χ2v) is 9.57. The van der Waals surface area contributed by atoms with Gasteiger partial charge in [-0.1, -0.05) is 0 Å². The Morgan fingerprint density at radius 1 is 1.15 bits per heavy atom. The summed E-state index contributed by atoms with van der Waals surface area (Å²) in [5, 5.41) is 3.67. The van der Waals surface area contributed by atoms with Crippen LogP contribution in [0.25, 0.3) is 11.0 Å². The number of furan rings is 1. The SMILES string of the molecule is COc1ccc2cc(OC(=O)Nc3ccc(N4CCC(CN5CCCC5C)C4)cc3C)oc2c1. The van der Waals surface area contributed by atoms with Gasteiger partial charge in [-0.2, -0.15) is 0 Å². The Morgan fingerprint density at radius 2 is 2.03 bits per heavy atom. The van der Waals surface area contributed by atoms with Crippen LogP contribution in [0.1, 0.15) is 31.7 Å². The fourth-order valence-electron chi connectivity index (χ4n) is 5.19. The number of anilines is 2. The van der Waals surface area contributed by atoms with Crippen LogP contribution in [0.2, 0.25) is 0 Å². The highest BCUT2D eigenvalue weighted by molar-refractivity contribution is 5.88. The number of carbonyl (C=O) groups is 1. The number of rotatable bonds is 6. The third-order valence-corrected chi connectivity index (χ3v) is 7.18. The number of hydrogen-bond donors (Lipinski definition) is 1. The first-order valence-electron chi connectivity index (χ1n) is 12.1. The van der Waals surface area contributed by atoms with Gasteiger partial charge in [-0.3, -0.25) is 5.32 Å². The Kier molecular flexibility index (Phi) is 6.37. The molecule has 0 radical (unpaired) electrons. The number of benzene rings is 2. The minimum atomic E-state index is -0.581. The van der Waals surface area contributed by atoms with Crippen molar-refractivity contribution in [1.29, 1.82) is 0 Å². The van der Waals surface area contributed by atoms with Gasteiger partial charge in [0.2, 0.25) is 0 Å². The van der Waals surface area contributed by atoms with Crippen molar-refractivity contribution in [1.82, 2.24) is 4.90 Å². The molecule has 2 aliphatic heterocycles. The van der Waals surface area contributed by atoms with Crippen molar-refractivity contribution in [3.63, 3.8) is 0 Å². The summed E-state index contributed by atoms with van der Waals surface area (Å²) in [7, 11) is 1.60. The largest absolute Gasteiger partial charge is 0.497 e. The molecule has 7 heteroatoms. The Hall–Kier alpha value is -3.19. The van der Waals surface area contributed by atoms with Crippen molar-refractivity contribution in [2.24, 2.45) is 5.92 Å². The molecule has 1 N–H and O–H groups in total. The van der Waals surface area contributed by atoms with Gasteiger partial charge < -0.3 is 23.7 Å². The summed E-state index contributed by atoms with van der Waals surface area (Å²) in [5.41, 5.74) is 3.54. The van der Waals surface area contributed by atoms with Gasteiger partial charge in [-0.15, -0.1) is 0 Å². The van der Waals surface area contributed by atoms with Crippen molar-refractivity contribution in [2.45, 2.75) is 39.2 Å². The van der Waals surface area contributed by atoms with Gasteiger partial charge in [0.1, 0.15) is 11.3 Å².